The number of hydrogen-bond donors (Lipinski definition) is 2. The lowest BCUT2D eigenvalue weighted by Crippen LogP contribution is -2.36. The number of anilines is 1. The smallest absolute Gasteiger partial charge is 0.307 e. The van der Waals surface area contributed by atoms with Crippen molar-refractivity contribution >= 4 is 28.3 Å². The molecule has 0 saturated heterocycles. The van der Waals surface area contributed by atoms with E-state index in [-0.39, 0.29) is 17.7 Å². The molecule has 4 rings (SSSR count). The van der Waals surface area contributed by atoms with E-state index < -0.39 is 17.8 Å². The van der Waals surface area contributed by atoms with E-state index in [0.29, 0.717) is 5.13 Å². The number of amides is 1. The van der Waals surface area contributed by atoms with Gasteiger partial charge < -0.3 is 10.4 Å². The second-order valence-electron chi connectivity index (χ2n) is 8.05. The highest BCUT2D eigenvalue weighted by molar-refractivity contribution is 7.16. The van der Waals surface area contributed by atoms with E-state index in [4.69, 9.17) is 0 Å². The molecule has 0 aliphatic heterocycles. The first-order valence-electron chi connectivity index (χ1n) is 10.3. The number of carbonyl (C=O) groups is 2. The van der Waals surface area contributed by atoms with Crippen molar-refractivity contribution in [3.63, 3.8) is 0 Å². The van der Waals surface area contributed by atoms with Gasteiger partial charge in [0.2, 0.25) is 5.91 Å². The maximum Gasteiger partial charge on any atom is 0.307 e. The molecule has 2 bridgehead atoms. The van der Waals surface area contributed by atoms with Gasteiger partial charge in [-0.05, 0) is 43.6 Å². The fourth-order valence-electron chi connectivity index (χ4n) is 4.63. The molecule has 2 N–H and O–H groups in total. The van der Waals surface area contributed by atoms with Crippen LogP contribution in [-0.2, 0) is 16.0 Å². The number of unbranched alkanes of at least 4 members (excludes halogenated alkanes) is 1. The Bertz CT molecular complexity index is 948. The van der Waals surface area contributed by atoms with Crippen molar-refractivity contribution < 1.29 is 14.7 Å². The summed E-state index contributed by atoms with van der Waals surface area (Å²) in [7, 11) is 0. The Morgan fingerprint density at radius 1 is 1.17 bits per heavy atom. The zero-order valence-corrected chi connectivity index (χ0v) is 17.5. The third kappa shape index (κ3) is 3.86. The topological polar surface area (TPSA) is 79.3 Å². The number of aliphatic carboxylic acids is 1. The van der Waals surface area contributed by atoms with Gasteiger partial charge in [0.15, 0.2) is 5.13 Å². The number of nitrogens with one attached hydrogen (secondary N) is 1. The Balaban J connectivity index is 1.49. The minimum Gasteiger partial charge on any atom is -0.481 e. The average Bonchev–Trinajstić information content (AvgIpc) is 3.41. The molecule has 6 heteroatoms. The van der Waals surface area contributed by atoms with Crippen LogP contribution in [0.5, 0.6) is 0 Å². The molecule has 2 aliphatic rings. The summed E-state index contributed by atoms with van der Waals surface area (Å²) < 4.78 is 0. The maximum absolute atomic E-state index is 12.9. The number of hydrogen-bond acceptors (Lipinski definition) is 4. The highest BCUT2D eigenvalue weighted by Crippen LogP contribution is 2.48. The molecule has 1 amide bonds. The van der Waals surface area contributed by atoms with Crippen molar-refractivity contribution in [3.8, 4) is 11.3 Å². The summed E-state index contributed by atoms with van der Waals surface area (Å²) in [5, 5.41) is 13.0. The number of allylic oxidation sites excluding steroid dienone is 2. The van der Waals surface area contributed by atoms with E-state index in [1.807, 2.05) is 19.1 Å². The average molecular weight is 411 g/mol. The molecule has 1 heterocycles. The molecule has 0 spiro atoms. The molecule has 29 heavy (non-hydrogen) atoms. The molecule has 1 aromatic heterocycles. The normalized spacial score (nSPS) is 24.8. The quantitative estimate of drug-likeness (QED) is 0.635. The molecule has 4 atom stereocenters. The predicted octanol–water partition coefficient (Wildman–Crippen LogP) is 4.92. The molecule has 1 fully saturated rings. The van der Waals surface area contributed by atoms with Crippen LogP contribution in [0.1, 0.15) is 36.6 Å². The van der Waals surface area contributed by atoms with Gasteiger partial charge >= 0.3 is 5.97 Å². The third-order valence-electron chi connectivity index (χ3n) is 6.12. The lowest BCUT2D eigenvalue weighted by Gasteiger charge is -2.23. The van der Waals surface area contributed by atoms with Gasteiger partial charge in [-0.25, -0.2) is 4.98 Å². The predicted molar refractivity (Wildman–Crippen MR) is 115 cm³/mol. The van der Waals surface area contributed by atoms with Crippen LogP contribution in [0.4, 0.5) is 5.13 Å². The van der Waals surface area contributed by atoms with Gasteiger partial charge in [-0.2, -0.15) is 0 Å². The lowest BCUT2D eigenvalue weighted by atomic mass is 9.82. The number of carbonyl (C=O) groups excluding carboxylic acids is 1. The van der Waals surface area contributed by atoms with Crippen LogP contribution in [0.15, 0.2) is 36.4 Å². The summed E-state index contributed by atoms with van der Waals surface area (Å²) in [6.07, 6.45) is 8.13. The third-order valence-corrected chi connectivity index (χ3v) is 7.01. The van der Waals surface area contributed by atoms with Gasteiger partial charge in [0, 0.05) is 10.4 Å². The zero-order valence-electron chi connectivity index (χ0n) is 16.7. The van der Waals surface area contributed by atoms with Gasteiger partial charge in [0.25, 0.3) is 0 Å². The number of fused-ring (bicyclic) bond motifs is 2. The Kier molecular flexibility index (Phi) is 5.54. The summed E-state index contributed by atoms with van der Waals surface area (Å²) in [6, 6.07) is 8.45. The van der Waals surface area contributed by atoms with Crippen LogP contribution in [0.2, 0.25) is 0 Å². The zero-order chi connectivity index (χ0) is 20.5. The van der Waals surface area contributed by atoms with Crippen molar-refractivity contribution in [1.82, 2.24) is 4.98 Å². The number of aromatic nitrogens is 1. The lowest BCUT2D eigenvalue weighted by molar-refractivity contribution is -0.146. The first-order valence-corrected chi connectivity index (χ1v) is 11.1. The van der Waals surface area contributed by atoms with Crippen LogP contribution >= 0.6 is 11.3 Å². The Labute approximate surface area is 174 Å². The molecular formula is C23H26N2O3S. The van der Waals surface area contributed by atoms with Gasteiger partial charge in [-0.1, -0.05) is 49.8 Å². The molecular weight excluding hydrogens is 384 g/mol. The number of carboxylic acid groups (broad SMARTS) is 1. The van der Waals surface area contributed by atoms with Crippen molar-refractivity contribution in [3.05, 3.63) is 46.9 Å². The van der Waals surface area contributed by atoms with Crippen LogP contribution < -0.4 is 5.32 Å². The molecule has 1 saturated carbocycles. The summed E-state index contributed by atoms with van der Waals surface area (Å²) in [5.74, 6) is -2.30. The number of carboxylic acids is 1. The van der Waals surface area contributed by atoms with Gasteiger partial charge in [-0.15, -0.1) is 11.3 Å². The monoisotopic (exact) mass is 410 g/mol. The fraction of sp³-hybridized carbons (Fsp3) is 0.435. The van der Waals surface area contributed by atoms with Gasteiger partial charge in [-0.3, -0.25) is 9.59 Å². The van der Waals surface area contributed by atoms with E-state index in [2.05, 4.69) is 41.5 Å². The second-order valence-corrected chi connectivity index (χ2v) is 9.25. The van der Waals surface area contributed by atoms with Crippen molar-refractivity contribution in [2.75, 3.05) is 5.32 Å². The van der Waals surface area contributed by atoms with E-state index in [1.165, 1.54) is 29.7 Å². The first kappa shape index (κ1) is 19.8. The Hall–Kier alpha value is -2.47. The highest BCUT2D eigenvalue weighted by atomic mass is 32.1. The number of benzene rings is 1. The van der Waals surface area contributed by atoms with Crippen LogP contribution in [-0.4, -0.2) is 22.0 Å². The van der Waals surface area contributed by atoms with Crippen LogP contribution in [0, 0.1) is 30.6 Å². The molecule has 1 aromatic carbocycles. The Morgan fingerprint density at radius 2 is 1.86 bits per heavy atom. The van der Waals surface area contributed by atoms with E-state index in [0.717, 1.165) is 29.0 Å². The van der Waals surface area contributed by atoms with Crippen molar-refractivity contribution in [2.45, 2.75) is 39.5 Å². The maximum atomic E-state index is 12.9. The molecule has 2 aliphatic carbocycles. The molecule has 5 nitrogen and oxygen atoms in total. The minimum atomic E-state index is -0.888. The fourth-order valence-corrected chi connectivity index (χ4v) is 5.47. The number of thiazole rings is 1. The number of nitrogens with zero attached hydrogens (tertiary/aromatic N) is 1. The summed E-state index contributed by atoms with van der Waals surface area (Å²) in [5.41, 5.74) is 3.22. The first-order chi connectivity index (χ1) is 14.0. The minimum absolute atomic E-state index is 0.0114. The summed E-state index contributed by atoms with van der Waals surface area (Å²) in [6.45, 7) is 4.18. The SMILES string of the molecule is CCCCc1ccc(-c2nc(NC(=O)C3C4C=CC(C4)C3C(=O)O)sc2C)cc1. The van der Waals surface area contributed by atoms with Crippen molar-refractivity contribution in [2.24, 2.45) is 23.7 Å². The summed E-state index contributed by atoms with van der Waals surface area (Å²) >= 11 is 1.44. The Morgan fingerprint density at radius 3 is 2.52 bits per heavy atom. The highest BCUT2D eigenvalue weighted by Gasteiger charge is 2.51. The van der Waals surface area contributed by atoms with Crippen LogP contribution in [0.3, 0.4) is 0 Å². The molecule has 2 aromatic rings. The van der Waals surface area contributed by atoms with Gasteiger partial charge in [0.05, 0.1) is 17.5 Å². The molecule has 4 unspecified atom stereocenters. The largest absolute Gasteiger partial charge is 0.481 e. The van der Waals surface area contributed by atoms with E-state index in [9.17, 15) is 14.7 Å². The molecule has 0 radical (unpaired) electrons. The van der Waals surface area contributed by atoms with E-state index >= 15 is 0 Å². The van der Waals surface area contributed by atoms with Gasteiger partial charge in [0.1, 0.15) is 0 Å². The molecule has 152 valence electrons. The number of aryl methyl sites for hydroxylation is 2. The van der Waals surface area contributed by atoms with Crippen LogP contribution in [0.25, 0.3) is 11.3 Å². The van der Waals surface area contributed by atoms with E-state index in [1.54, 1.807) is 0 Å². The summed E-state index contributed by atoms with van der Waals surface area (Å²) in [4.78, 5) is 30.2. The standard InChI is InChI=1S/C23H26N2O3S/c1-3-4-5-14-6-8-15(9-7-14)20-13(2)29-23(24-20)25-21(26)18-16-10-11-17(12-16)19(18)22(27)28/h6-11,16-19H,3-5,12H2,1-2H3,(H,27,28)(H,24,25,26). The second kappa shape index (κ2) is 8.11. The number of rotatable bonds is 7. The van der Waals surface area contributed by atoms with Crippen molar-refractivity contribution in [1.29, 1.82) is 0 Å².